The van der Waals surface area contributed by atoms with Gasteiger partial charge in [-0.15, -0.1) is 6.58 Å². The van der Waals surface area contributed by atoms with Crippen molar-refractivity contribution in [3.05, 3.63) is 95.2 Å². The quantitative estimate of drug-likeness (QED) is 0.110. The molecule has 0 amide bonds. The molecule has 12 nitrogen and oxygen atoms in total. The second-order valence-electron chi connectivity index (χ2n) is 19.2. The Kier molecular flexibility index (Phi) is 33.3. The number of carbonyl (C=O) groups excluding carboxylic acids is 2. The number of nitrogens with one attached hydrogen (secondary N) is 2. The summed E-state index contributed by atoms with van der Waals surface area (Å²) in [5.74, 6) is 0.892. The number of likely N-dealkylation sites (N-methyl/N-ethyl adjacent to an activating group) is 1. The molecule has 0 radical (unpaired) electrons. The number of benzene rings is 2. The van der Waals surface area contributed by atoms with E-state index in [9.17, 15) is 24.2 Å². The number of alkyl halides is 1. The largest absolute Gasteiger partial charge is 0.497 e. The number of rotatable bonds is 5. The second-order valence-corrected chi connectivity index (χ2v) is 19.2. The van der Waals surface area contributed by atoms with Crippen molar-refractivity contribution in [1.29, 1.82) is 0 Å². The number of hydrogen-bond donors (Lipinski definition) is 4. The summed E-state index contributed by atoms with van der Waals surface area (Å²) in [6.45, 7) is 31.4. The highest BCUT2D eigenvalue weighted by Gasteiger charge is 2.67. The highest BCUT2D eigenvalue weighted by Crippen LogP contribution is 2.60. The lowest BCUT2D eigenvalue weighted by Crippen LogP contribution is -2.69. The molecule has 3 fully saturated rings. The van der Waals surface area contributed by atoms with Gasteiger partial charge in [0.2, 0.25) is 0 Å². The Morgan fingerprint density at radius 3 is 2.15 bits per heavy atom. The third-order valence-corrected chi connectivity index (χ3v) is 14.4. The van der Waals surface area contributed by atoms with Gasteiger partial charge in [-0.1, -0.05) is 122 Å². The fourth-order valence-corrected chi connectivity index (χ4v) is 11.8. The molecule has 3 aromatic rings. The molecule has 7 aliphatic rings. The molecule has 5 aliphatic heterocycles. The topological polar surface area (TPSA) is 140 Å². The van der Waals surface area contributed by atoms with Crippen LogP contribution in [0.1, 0.15) is 150 Å². The SMILES string of the molecule is C=C(C)C.CC.CC.CC.CC.CCC1=CC2CC(C(=O)OC)c3[nH]c4ccccc4c3CCN(C1)C2.CF.CNC.COc1ccc2c(c1)N(C)C1C(O)C(O)C3C=CCN4CCC21C34.O=COC1CCCCC1. The zero-order valence-electron chi connectivity index (χ0n) is 49.7. The zero-order valence-corrected chi connectivity index (χ0v) is 49.7. The number of para-hydroxylation sites is 1. The van der Waals surface area contributed by atoms with Crippen molar-refractivity contribution in [3.63, 3.8) is 0 Å². The summed E-state index contributed by atoms with van der Waals surface area (Å²) in [4.78, 5) is 33.2. The normalized spacial score (nSPS) is 25.9. The summed E-state index contributed by atoms with van der Waals surface area (Å²) in [5, 5.41) is 25.8. The van der Waals surface area contributed by atoms with E-state index >= 15 is 0 Å². The smallest absolute Gasteiger partial charge is 0.314 e. The Labute approximate surface area is 454 Å². The molecule has 2 aliphatic carbocycles. The van der Waals surface area contributed by atoms with Crippen molar-refractivity contribution in [2.75, 3.05) is 80.2 Å². The molecule has 9 unspecified atom stereocenters. The molecular weight excluding hydrogens is 946 g/mol. The number of carbonyl (C=O) groups is 2. The number of esters is 1. The standard InChI is InChI=1S/C21H26N2O2.C19H24N2O3.C7H12O2.C4H8.C2H7N.4C2H6.CH3F/c1-3-14-10-15-11-18(21(24)25-2)20-17(8-9-23(12-14)13-15)16-6-4-5-7-19(16)22-20;1-20-14-10-11(24-2)5-6-13(14)19-7-9-21-8-3-4-12(17(19)21)15(22)16(23)18(19)20;8-6-9-7-4-2-1-3-5-7;1-4(2)3;1-3-2;5*1-2/h4-7,10,15,18,22H,3,8-9,11-13H2,1-2H3;3-6,10,12,15-18,22-23H,7-9H2,1-2H3;6-7H,1-5H2;1H2,2-3H3;3H,1-2H3;4*1-2H3;1H3. The number of nitrogens with zero attached hydrogens (tertiary/aromatic N) is 3. The molecule has 2 saturated carbocycles. The molecule has 9 atom stereocenters. The summed E-state index contributed by atoms with van der Waals surface area (Å²) in [6, 6.07) is 14.8. The monoisotopic (exact) mass is 1050 g/mol. The van der Waals surface area contributed by atoms with Gasteiger partial charge in [0.05, 0.1) is 39.5 Å². The lowest BCUT2D eigenvalue weighted by molar-refractivity contribution is -0.143. The van der Waals surface area contributed by atoms with Gasteiger partial charge in [-0.3, -0.25) is 23.8 Å². The van der Waals surface area contributed by atoms with Crippen LogP contribution in [0.5, 0.6) is 5.75 Å². The number of ether oxygens (including phenoxy) is 3. The minimum Gasteiger partial charge on any atom is -0.497 e. The number of methoxy groups -OCH3 is 2. The average molecular weight is 1050 g/mol. The van der Waals surface area contributed by atoms with E-state index in [1.807, 2.05) is 103 Å². The Balaban J connectivity index is 0.000000519. The lowest BCUT2D eigenvalue weighted by Gasteiger charge is -2.54. The summed E-state index contributed by atoms with van der Waals surface area (Å²) < 4.78 is 24.9. The molecular formula is C62H104FN5O7. The van der Waals surface area contributed by atoms with Gasteiger partial charge in [0.15, 0.2) is 0 Å². The maximum absolute atomic E-state index is 12.6. The van der Waals surface area contributed by atoms with E-state index in [-0.39, 0.29) is 41.4 Å². The first-order valence-corrected chi connectivity index (χ1v) is 28.3. The lowest BCUT2D eigenvalue weighted by atomic mass is 9.58. The zero-order chi connectivity index (χ0) is 56.8. The number of aliphatic hydroxyl groups excluding tert-OH is 2. The van der Waals surface area contributed by atoms with E-state index in [1.54, 1.807) is 7.11 Å². The van der Waals surface area contributed by atoms with E-state index in [1.165, 1.54) is 54.0 Å². The van der Waals surface area contributed by atoms with Crippen LogP contribution in [0, 0.1) is 11.8 Å². The first-order valence-electron chi connectivity index (χ1n) is 28.3. The number of fused-ring (bicyclic) bond motifs is 6. The Morgan fingerprint density at radius 2 is 1.56 bits per heavy atom. The van der Waals surface area contributed by atoms with E-state index in [4.69, 9.17) is 14.2 Å². The number of aliphatic hydroxyl groups is 2. The van der Waals surface area contributed by atoms with Crippen molar-refractivity contribution in [2.45, 2.75) is 176 Å². The van der Waals surface area contributed by atoms with Crippen molar-refractivity contribution >= 4 is 29.0 Å². The van der Waals surface area contributed by atoms with Crippen LogP contribution in [0.3, 0.4) is 0 Å². The van der Waals surface area contributed by atoms with Crippen LogP contribution in [-0.2, 0) is 30.9 Å². The minimum absolute atomic E-state index is 0.00560. The van der Waals surface area contributed by atoms with E-state index in [2.05, 4.69) is 87.1 Å². The summed E-state index contributed by atoms with van der Waals surface area (Å²) >= 11 is 0. The number of H-pyrrole nitrogens is 1. The summed E-state index contributed by atoms with van der Waals surface area (Å²) in [6.07, 6.45) is 15.2. The van der Waals surface area contributed by atoms with Gasteiger partial charge in [-0.05, 0) is 115 Å². The van der Waals surface area contributed by atoms with E-state index in [0.29, 0.717) is 19.6 Å². The average Bonchev–Trinajstić information content (AvgIpc) is 4.12. The molecule has 1 saturated heterocycles. The van der Waals surface area contributed by atoms with Crippen LogP contribution < -0.4 is 15.0 Å². The van der Waals surface area contributed by atoms with Crippen LogP contribution in [0.2, 0.25) is 0 Å². The van der Waals surface area contributed by atoms with Gasteiger partial charge >= 0.3 is 5.97 Å². The van der Waals surface area contributed by atoms with Crippen LogP contribution in [0.4, 0.5) is 10.1 Å². The van der Waals surface area contributed by atoms with Crippen LogP contribution >= 0.6 is 0 Å². The van der Waals surface area contributed by atoms with Crippen LogP contribution in [-0.4, -0.2) is 143 Å². The molecule has 75 heavy (non-hydrogen) atoms. The maximum atomic E-state index is 12.6. The van der Waals surface area contributed by atoms with Crippen LogP contribution in [0.15, 0.2) is 78.4 Å². The Bertz CT molecular complexity index is 2130. The predicted molar refractivity (Wildman–Crippen MR) is 313 cm³/mol. The third-order valence-electron chi connectivity index (χ3n) is 14.4. The number of aromatic amines is 1. The highest BCUT2D eigenvalue weighted by molar-refractivity contribution is 5.88. The Hall–Kier alpha value is -4.53. The van der Waals surface area contributed by atoms with Gasteiger partial charge in [-0.25, -0.2) is 0 Å². The molecule has 10 rings (SSSR count). The van der Waals surface area contributed by atoms with Gasteiger partial charge in [0.25, 0.3) is 6.47 Å². The number of anilines is 1. The first kappa shape index (κ1) is 68.5. The highest BCUT2D eigenvalue weighted by atomic mass is 19.1. The van der Waals surface area contributed by atoms with Crippen LogP contribution in [0.25, 0.3) is 10.9 Å². The van der Waals surface area contributed by atoms with E-state index < -0.39 is 12.2 Å². The molecule has 426 valence electrons. The van der Waals surface area contributed by atoms with Gasteiger partial charge in [0, 0.05) is 79.0 Å². The summed E-state index contributed by atoms with van der Waals surface area (Å²) in [7, 11) is 9.47. The predicted octanol–water partition coefficient (Wildman–Crippen LogP) is 12.0. The van der Waals surface area contributed by atoms with Gasteiger partial charge in [-0.2, -0.15) is 0 Å². The molecule has 2 aromatic carbocycles. The minimum atomic E-state index is -0.752. The number of hydrogen-bond acceptors (Lipinski definition) is 11. The maximum Gasteiger partial charge on any atom is 0.314 e. The number of halogens is 1. The van der Waals surface area contributed by atoms with Gasteiger partial charge < -0.3 is 39.6 Å². The molecule has 4 N–H and O–H groups in total. The van der Waals surface area contributed by atoms with Crippen molar-refractivity contribution in [2.24, 2.45) is 11.8 Å². The van der Waals surface area contributed by atoms with Crippen molar-refractivity contribution in [3.8, 4) is 5.75 Å². The van der Waals surface area contributed by atoms with Crippen molar-refractivity contribution < 1.29 is 38.4 Å². The molecule has 6 heterocycles. The molecule has 1 aromatic heterocycles. The van der Waals surface area contributed by atoms with Gasteiger partial charge in [0.1, 0.15) is 18.0 Å². The molecule has 13 heteroatoms. The Morgan fingerprint density at radius 1 is 0.933 bits per heavy atom. The number of allylic oxidation sites excluding steroid dienone is 1. The third kappa shape index (κ3) is 17.2. The fourth-order valence-electron chi connectivity index (χ4n) is 11.8. The number of aromatic nitrogens is 1. The fraction of sp³-hybridized carbons (Fsp3) is 0.645. The summed E-state index contributed by atoms with van der Waals surface area (Å²) in [5.41, 5.74) is 8.44. The second kappa shape index (κ2) is 36.5. The molecule has 2 bridgehead atoms. The van der Waals surface area contributed by atoms with E-state index in [0.717, 1.165) is 93.9 Å². The first-order chi connectivity index (χ1) is 36.4. The van der Waals surface area contributed by atoms with Crippen molar-refractivity contribution in [1.82, 2.24) is 20.1 Å². The molecule has 1 spiro atoms.